The third-order valence-electron chi connectivity index (χ3n) is 7.93. The van der Waals surface area contributed by atoms with Crippen molar-refractivity contribution >= 4 is 16.8 Å². The second kappa shape index (κ2) is 11.5. The van der Waals surface area contributed by atoms with Gasteiger partial charge in [-0.05, 0) is 79.6 Å². The van der Waals surface area contributed by atoms with Gasteiger partial charge in [-0.15, -0.1) is 0 Å². The number of para-hydroxylation sites is 2. The average molecular weight is 539 g/mol. The van der Waals surface area contributed by atoms with E-state index in [1.165, 1.54) is 0 Å². The predicted molar refractivity (Wildman–Crippen MR) is 154 cm³/mol. The Morgan fingerprint density at radius 1 is 0.900 bits per heavy atom. The number of carbonyl (C=O) groups excluding carboxylic acids is 1. The molecule has 1 aliphatic carbocycles. The zero-order valence-electron chi connectivity index (χ0n) is 23.0. The lowest BCUT2D eigenvalue weighted by atomic mass is 9.92. The van der Waals surface area contributed by atoms with E-state index in [-0.39, 0.29) is 18.6 Å². The topological polar surface area (TPSA) is 70.1 Å². The molecule has 0 spiro atoms. The van der Waals surface area contributed by atoms with Crippen LogP contribution in [0, 0.1) is 0 Å². The molecule has 0 saturated heterocycles. The number of methoxy groups -OCH3 is 2. The SMILES string of the molecule is COc1cc2c(cc1OC)C(COc1ccccc1)N(C(=O)COc1c3c(nc4ccccc14)CCCC3)CC2. The number of ether oxygens (including phenoxy) is 4. The fourth-order valence-corrected chi connectivity index (χ4v) is 5.91. The van der Waals surface area contributed by atoms with Gasteiger partial charge in [0.2, 0.25) is 0 Å². The van der Waals surface area contributed by atoms with E-state index in [0.29, 0.717) is 31.1 Å². The van der Waals surface area contributed by atoms with E-state index < -0.39 is 0 Å². The molecule has 0 N–H and O–H groups in total. The van der Waals surface area contributed by atoms with Crippen molar-refractivity contribution < 1.29 is 23.7 Å². The first kappa shape index (κ1) is 26.0. The molecule has 1 amide bonds. The van der Waals surface area contributed by atoms with Crippen molar-refractivity contribution in [3.8, 4) is 23.0 Å². The number of carbonyl (C=O) groups is 1. The number of benzene rings is 3. The Balaban J connectivity index is 1.29. The maximum atomic E-state index is 13.9. The quantitative estimate of drug-likeness (QED) is 0.286. The normalized spacial score (nSPS) is 16.1. The number of aryl methyl sites for hydroxylation is 1. The van der Waals surface area contributed by atoms with Crippen LogP contribution in [0.4, 0.5) is 0 Å². The molecule has 7 nitrogen and oxygen atoms in total. The smallest absolute Gasteiger partial charge is 0.261 e. The van der Waals surface area contributed by atoms with Crippen LogP contribution < -0.4 is 18.9 Å². The van der Waals surface area contributed by atoms with Gasteiger partial charge in [0.1, 0.15) is 18.1 Å². The van der Waals surface area contributed by atoms with Gasteiger partial charge in [0, 0.05) is 23.2 Å². The van der Waals surface area contributed by atoms with E-state index in [4.69, 9.17) is 23.9 Å². The average Bonchev–Trinajstić information content (AvgIpc) is 3.01. The molecule has 0 fully saturated rings. The number of hydrogen-bond donors (Lipinski definition) is 0. The van der Waals surface area contributed by atoms with Crippen LogP contribution in [0.5, 0.6) is 23.0 Å². The molecule has 1 unspecified atom stereocenters. The maximum Gasteiger partial charge on any atom is 0.261 e. The van der Waals surface area contributed by atoms with Crippen molar-refractivity contribution in [3.05, 3.63) is 89.1 Å². The third-order valence-corrected chi connectivity index (χ3v) is 7.93. The van der Waals surface area contributed by atoms with Crippen LogP contribution in [0.3, 0.4) is 0 Å². The highest BCUT2D eigenvalue weighted by molar-refractivity contribution is 5.88. The number of fused-ring (bicyclic) bond motifs is 3. The monoisotopic (exact) mass is 538 g/mol. The molecule has 0 bridgehead atoms. The molecule has 0 radical (unpaired) electrons. The Labute approximate surface area is 234 Å². The Morgan fingerprint density at radius 3 is 2.48 bits per heavy atom. The molecule has 40 heavy (non-hydrogen) atoms. The molecular formula is C33H34N2O5. The summed E-state index contributed by atoms with van der Waals surface area (Å²) in [6, 6.07) is 21.4. The first-order valence-electron chi connectivity index (χ1n) is 13.9. The van der Waals surface area contributed by atoms with Gasteiger partial charge in [0.05, 0.1) is 25.8 Å². The van der Waals surface area contributed by atoms with E-state index >= 15 is 0 Å². The summed E-state index contributed by atoms with van der Waals surface area (Å²) < 4.78 is 23.7. The van der Waals surface area contributed by atoms with Crippen molar-refractivity contribution in [1.82, 2.24) is 9.88 Å². The lowest BCUT2D eigenvalue weighted by Crippen LogP contribution is -2.44. The van der Waals surface area contributed by atoms with Crippen molar-refractivity contribution in [1.29, 1.82) is 0 Å². The molecule has 7 heteroatoms. The Bertz CT molecular complexity index is 1520. The summed E-state index contributed by atoms with van der Waals surface area (Å²) in [4.78, 5) is 20.6. The largest absolute Gasteiger partial charge is 0.493 e. The molecule has 1 aliphatic heterocycles. The number of hydrogen-bond acceptors (Lipinski definition) is 6. The minimum atomic E-state index is -0.303. The van der Waals surface area contributed by atoms with E-state index in [0.717, 1.165) is 70.5 Å². The first-order chi connectivity index (χ1) is 19.7. The lowest BCUT2D eigenvalue weighted by molar-refractivity contribution is -0.137. The summed E-state index contributed by atoms with van der Waals surface area (Å²) in [5, 5.41) is 0.959. The summed E-state index contributed by atoms with van der Waals surface area (Å²) in [6.45, 7) is 0.819. The fraction of sp³-hybridized carbons (Fsp3) is 0.333. The molecular weight excluding hydrogens is 504 g/mol. The fourth-order valence-electron chi connectivity index (χ4n) is 5.91. The van der Waals surface area contributed by atoms with E-state index in [1.54, 1.807) is 14.2 Å². The van der Waals surface area contributed by atoms with Gasteiger partial charge in [-0.25, -0.2) is 0 Å². The Kier molecular flexibility index (Phi) is 7.45. The van der Waals surface area contributed by atoms with Crippen LogP contribution in [0.2, 0.25) is 0 Å². The first-order valence-corrected chi connectivity index (χ1v) is 13.9. The molecule has 4 aromatic rings. The Hall–Kier alpha value is -4.26. The van der Waals surface area contributed by atoms with Crippen LogP contribution >= 0.6 is 0 Å². The summed E-state index contributed by atoms with van der Waals surface area (Å²) in [5.41, 5.74) is 5.27. The van der Waals surface area contributed by atoms with Crippen LogP contribution in [0.15, 0.2) is 66.7 Å². The van der Waals surface area contributed by atoms with Crippen molar-refractivity contribution in [2.45, 2.75) is 38.1 Å². The van der Waals surface area contributed by atoms with Crippen molar-refractivity contribution in [3.63, 3.8) is 0 Å². The summed E-state index contributed by atoms with van der Waals surface area (Å²) in [7, 11) is 3.26. The second-order valence-corrected chi connectivity index (χ2v) is 10.3. The summed E-state index contributed by atoms with van der Waals surface area (Å²) in [5.74, 6) is 2.79. The highest BCUT2D eigenvalue weighted by Gasteiger charge is 2.33. The van der Waals surface area contributed by atoms with Gasteiger partial charge >= 0.3 is 0 Å². The molecule has 0 saturated carbocycles. The van der Waals surface area contributed by atoms with Gasteiger partial charge in [-0.2, -0.15) is 0 Å². The van der Waals surface area contributed by atoms with Gasteiger partial charge < -0.3 is 23.8 Å². The number of rotatable bonds is 8. The third kappa shape index (κ3) is 5.04. The number of aromatic nitrogens is 1. The van der Waals surface area contributed by atoms with Crippen LogP contribution in [0.1, 0.15) is 41.3 Å². The Morgan fingerprint density at radius 2 is 1.65 bits per heavy atom. The summed E-state index contributed by atoms with van der Waals surface area (Å²) >= 11 is 0. The molecule has 1 atom stereocenters. The highest BCUT2D eigenvalue weighted by atomic mass is 16.5. The zero-order chi connectivity index (χ0) is 27.5. The maximum absolute atomic E-state index is 13.9. The predicted octanol–water partition coefficient (Wildman–Crippen LogP) is 5.71. The van der Waals surface area contributed by atoms with Crippen LogP contribution in [0.25, 0.3) is 10.9 Å². The molecule has 2 heterocycles. The number of amides is 1. The van der Waals surface area contributed by atoms with Gasteiger partial charge in [-0.1, -0.05) is 30.3 Å². The minimum Gasteiger partial charge on any atom is -0.493 e. The van der Waals surface area contributed by atoms with Gasteiger partial charge in [-0.3, -0.25) is 9.78 Å². The lowest BCUT2D eigenvalue weighted by Gasteiger charge is -2.37. The van der Waals surface area contributed by atoms with E-state index in [2.05, 4.69) is 0 Å². The van der Waals surface area contributed by atoms with E-state index in [9.17, 15) is 4.79 Å². The molecule has 6 rings (SSSR count). The summed E-state index contributed by atoms with van der Waals surface area (Å²) in [6.07, 6.45) is 4.79. The van der Waals surface area contributed by atoms with Crippen LogP contribution in [-0.2, 0) is 24.1 Å². The van der Waals surface area contributed by atoms with Gasteiger partial charge in [0.25, 0.3) is 5.91 Å². The molecule has 3 aromatic carbocycles. The molecule has 1 aromatic heterocycles. The van der Waals surface area contributed by atoms with Gasteiger partial charge in [0.15, 0.2) is 18.1 Å². The molecule has 2 aliphatic rings. The molecule has 206 valence electrons. The van der Waals surface area contributed by atoms with E-state index in [1.807, 2.05) is 71.6 Å². The number of nitrogens with zero attached hydrogens (tertiary/aromatic N) is 2. The van der Waals surface area contributed by atoms with Crippen LogP contribution in [-0.4, -0.2) is 49.8 Å². The number of pyridine rings is 1. The second-order valence-electron chi connectivity index (χ2n) is 10.3. The standard InChI is InChI=1S/C33H34N2O5/c1-37-30-18-22-16-17-35(29(26(22)19-31(30)38-2)20-39-23-10-4-3-5-11-23)32(36)21-40-33-24-12-6-8-14-27(24)34-28-15-9-7-13-25(28)33/h3-6,8,10-12,14,18-19,29H,7,9,13,15-17,20-21H2,1-2H3. The van der Waals surface area contributed by atoms with Crippen molar-refractivity contribution in [2.75, 3.05) is 34.0 Å². The van der Waals surface area contributed by atoms with Crippen molar-refractivity contribution in [2.24, 2.45) is 0 Å². The highest BCUT2D eigenvalue weighted by Crippen LogP contribution is 2.39. The minimum absolute atomic E-state index is 0.0507. The zero-order valence-corrected chi connectivity index (χ0v) is 23.0.